The van der Waals surface area contributed by atoms with Crippen molar-refractivity contribution in [3.63, 3.8) is 0 Å². The Balaban J connectivity index is 2.48. The van der Waals surface area contributed by atoms with Crippen LogP contribution in [0.3, 0.4) is 0 Å². The number of alkyl halides is 2. The highest BCUT2D eigenvalue weighted by atomic mass is 19.1. The van der Waals surface area contributed by atoms with Crippen LogP contribution in [0.25, 0.3) is 0 Å². The molecule has 0 aromatic rings. The molecule has 1 unspecified atom stereocenters. The average Bonchev–Trinajstić information content (AvgIpc) is 1.89. The first-order valence-corrected chi connectivity index (χ1v) is 3.10. The van der Waals surface area contributed by atoms with Crippen LogP contribution in [0.4, 0.5) is 8.78 Å². The maximum atomic E-state index is 12.1. The van der Waals surface area contributed by atoms with Gasteiger partial charge in [0.15, 0.2) is 0 Å². The first-order valence-electron chi connectivity index (χ1n) is 3.10. The van der Waals surface area contributed by atoms with Crippen LogP contribution in [0.5, 0.6) is 0 Å². The number of hydrogen-bond acceptors (Lipinski definition) is 1. The minimum atomic E-state index is -0.681. The molecule has 1 nitrogen and oxygen atoms in total. The predicted molar refractivity (Wildman–Crippen MR) is 31.8 cm³/mol. The maximum absolute atomic E-state index is 12.1. The third-order valence-corrected chi connectivity index (χ3v) is 2.21. The van der Waals surface area contributed by atoms with E-state index in [0.717, 1.165) is 0 Å². The Morgan fingerprint density at radius 3 is 2.11 bits per heavy atom. The molecule has 3 heteroatoms. The van der Waals surface area contributed by atoms with Gasteiger partial charge in [0.1, 0.15) is 13.3 Å². The van der Waals surface area contributed by atoms with Crippen LogP contribution in [0.15, 0.2) is 0 Å². The maximum Gasteiger partial charge on any atom is 0.100 e. The van der Waals surface area contributed by atoms with Gasteiger partial charge < -0.3 is 5.32 Å². The summed E-state index contributed by atoms with van der Waals surface area (Å²) in [5.41, 5.74) is -0.681. The van der Waals surface area contributed by atoms with E-state index >= 15 is 0 Å². The first kappa shape index (κ1) is 6.93. The molecule has 1 aliphatic heterocycles. The van der Waals surface area contributed by atoms with Gasteiger partial charge in [-0.3, -0.25) is 8.78 Å². The minimum Gasteiger partial charge on any atom is -0.313 e. The summed E-state index contributed by atoms with van der Waals surface area (Å²) < 4.78 is 24.1. The highest BCUT2D eigenvalue weighted by Crippen LogP contribution is 2.30. The van der Waals surface area contributed by atoms with Gasteiger partial charge in [-0.2, -0.15) is 0 Å². The van der Waals surface area contributed by atoms with Crippen LogP contribution in [0, 0.1) is 5.41 Å². The number of rotatable bonds is 2. The van der Waals surface area contributed by atoms with E-state index in [4.69, 9.17) is 0 Å². The summed E-state index contributed by atoms with van der Waals surface area (Å²) in [6.45, 7) is 1.21. The van der Waals surface area contributed by atoms with Gasteiger partial charge >= 0.3 is 0 Å². The molecular weight excluding hydrogens is 124 g/mol. The van der Waals surface area contributed by atoms with E-state index in [1.165, 1.54) is 0 Å². The summed E-state index contributed by atoms with van der Waals surface area (Å²) in [5.74, 6) is 0. The van der Waals surface area contributed by atoms with E-state index in [2.05, 4.69) is 5.32 Å². The van der Waals surface area contributed by atoms with Crippen molar-refractivity contribution in [3.8, 4) is 0 Å². The number of hydrogen-bond donors (Lipinski definition) is 1. The molecule has 1 fully saturated rings. The molecule has 54 valence electrons. The molecule has 0 aromatic carbocycles. The fourth-order valence-electron chi connectivity index (χ4n) is 0.957. The molecule has 1 saturated heterocycles. The van der Waals surface area contributed by atoms with Gasteiger partial charge in [-0.25, -0.2) is 0 Å². The second kappa shape index (κ2) is 2.21. The van der Waals surface area contributed by atoms with Crippen molar-refractivity contribution in [2.75, 3.05) is 19.9 Å². The lowest BCUT2D eigenvalue weighted by Gasteiger charge is -2.45. The largest absolute Gasteiger partial charge is 0.313 e. The molecule has 0 aromatic heterocycles. The molecule has 9 heavy (non-hydrogen) atoms. The number of nitrogens with one attached hydrogen (secondary N) is 1. The highest BCUT2D eigenvalue weighted by Gasteiger charge is 2.44. The van der Waals surface area contributed by atoms with Crippen molar-refractivity contribution in [1.82, 2.24) is 5.32 Å². The summed E-state index contributed by atoms with van der Waals surface area (Å²) >= 11 is 0. The molecule has 0 radical (unpaired) electrons. The zero-order valence-corrected chi connectivity index (χ0v) is 5.45. The van der Waals surface area contributed by atoms with Crippen LogP contribution in [0.2, 0.25) is 0 Å². The summed E-state index contributed by atoms with van der Waals surface area (Å²) in [4.78, 5) is 0. The van der Waals surface area contributed by atoms with Crippen LogP contribution in [-0.4, -0.2) is 25.9 Å². The van der Waals surface area contributed by atoms with E-state index in [1.807, 2.05) is 6.92 Å². The minimum absolute atomic E-state index is 0.00694. The van der Waals surface area contributed by atoms with Crippen molar-refractivity contribution in [3.05, 3.63) is 0 Å². The summed E-state index contributed by atoms with van der Waals surface area (Å²) in [5, 5.41) is 2.92. The van der Waals surface area contributed by atoms with E-state index < -0.39 is 18.8 Å². The van der Waals surface area contributed by atoms with Crippen LogP contribution < -0.4 is 5.32 Å². The Labute approximate surface area is 53.4 Å². The lowest BCUT2D eigenvalue weighted by molar-refractivity contribution is 0.0330. The standard InChI is InChI=1S/C6H11F2N/c1-5-6(2-7,3-8)4-9-5/h5,9H,2-4H2,1H3. The Bertz CT molecular complexity index is 95.7. The Morgan fingerprint density at radius 1 is 1.56 bits per heavy atom. The smallest absolute Gasteiger partial charge is 0.100 e. The topological polar surface area (TPSA) is 12.0 Å². The number of halogens is 2. The fourth-order valence-corrected chi connectivity index (χ4v) is 0.957. The molecule has 0 saturated carbocycles. The Hall–Kier alpha value is -0.180. The van der Waals surface area contributed by atoms with Gasteiger partial charge in [0.2, 0.25) is 0 Å². The molecule has 0 spiro atoms. The second-order valence-corrected chi connectivity index (χ2v) is 2.73. The van der Waals surface area contributed by atoms with Crippen molar-refractivity contribution in [2.24, 2.45) is 5.41 Å². The fraction of sp³-hybridized carbons (Fsp3) is 1.00. The Morgan fingerprint density at radius 2 is 2.11 bits per heavy atom. The first-order chi connectivity index (χ1) is 4.25. The highest BCUT2D eigenvalue weighted by molar-refractivity contribution is 4.98. The van der Waals surface area contributed by atoms with Crippen molar-refractivity contribution < 1.29 is 8.78 Å². The molecular formula is C6H11F2N. The third-order valence-electron chi connectivity index (χ3n) is 2.21. The van der Waals surface area contributed by atoms with Gasteiger partial charge in [-0.1, -0.05) is 0 Å². The van der Waals surface area contributed by atoms with Crippen LogP contribution in [0.1, 0.15) is 6.92 Å². The van der Waals surface area contributed by atoms with E-state index in [0.29, 0.717) is 6.54 Å². The molecule has 0 aliphatic carbocycles. The summed E-state index contributed by atoms with van der Waals surface area (Å²) in [6, 6.07) is 0.00694. The van der Waals surface area contributed by atoms with Gasteiger partial charge in [0.05, 0.1) is 5.41 Å². The van der Waals surface area contributed by atoms with E-state index in [1.54, 1.807) is 0 Å². The van der Waals surface area contributed by atoms with Gasteiger partial charge in [0.25, 0.3) is 0 Å². The quantitative estimate of drug-likeness (QED) is 0.593. The summed E-state index contributed by atoms with van der Waals surface area (Å²) in [6.07, 6.45) is 0. The third kappa shape index (κ3) is 0.834. The predicted octanol–water partition coefficient (Wildman–Crippen LogP) is 0.903. The summed E-state index contributed by atoms with van der Waals surface area (Å²) in [7, 11) is 0. The van der Waals surface area contributed by atoms with E-state index in [-0.39, 0.29) is 6.04 Å². The van der Waals surface area contributed by atoms with Gasteiger partial charge in [0, 0.05) is 12.6 Å². The normalized spacial score (nSPS) is 31.7. The zero-order valence-electron chi connectivity index (χ0n) is 5.45. The lowest BCUT2D eigenvalue weighted by atomic mass is 9.77. The Kier molecular flexibility index (Phi) is 1.70. The average molecular weight is 135 g/mol. The molecule has 0 amide bonds. The molecule has 1 aliphatic rings. The van der Waals surface area contributed by atoms with Crippen molar-refractivity contribution in [1.29, 1.82) is 0 Å². The van der Waals surface area contributed by atoms with Crippen LogP contribution >= 0.6 is 0 Å². The second-order valence-electron chi connectivity index (χ2n) is 2.73. The van der Waals surface area contributed by atoms with E-state index in [9.17, 15) is 8.78 Å². The monoisotopic (exact) mass is 135 g/mol. The van der Waals surface area contributed by atoms with Crippen molar-refractivity contribution in [2.45, 2.75) is 13.0 Å². The van der Waals surface area contributed by atoms with Crippen LogP contribution in [-0.2, 0) is 0 Å². The zero-order chi connectivity index (χ0) is 6.91. The SMILES string of the molecule is CC1NCC1(CF)CF. The molecule has 1 atom stereocenters. The van der Waals surface area contributed by atoms with Crippen molar-refractivity contribution >= 4 is 0 Å². The van der Waals surface area contributed by atoms with Gasteiger partial charge in [-0.05, 0) is 6.92 Å². The molecule has 1 heterocycles. The molecule has 1 rings (SSSR count). The lowest BCUT2D eigenvalue weighted by Crippen LogP contribution is -2.63. The molecule has 1 N–H and O–H groups in total. The molecule has 0 bridgehead atoms. The van der Waals surface area contributed by atoms with Gasteiger partial charge in [-0.15, -0.1) is 0 Å².